The summed E-state index contributed by atoms with van der Waals surface area (Å²) in [6, 6.07) is 5.04. The van der Waals surface area contributed by atoms with Gasteiger partial charge in [0.2, 0.25) is 0 Å². The number of nitrogens with zero attached hydrogens (tertiary/aromatic N) is 1. The fourth-order valence-electron chi connectivity index (χ4n) is 1.32. The van der Waals surface area contributed by atoms with Gasteiger partial charge in [-0.25, -0.2) is 0 Å². The monoisotopic (exact) mass is 285 g/mol. The van der Waals surface area contributed by atoms with Gasteiger partial charge in [0, 0.05) is 18.7 Å². The Kier molecular flexibility index (Phi) is 4.35. The SMILES string of the molecule is CCC(C)N(C)C(=O)c1ccc(Br)c(O)c1. The molecule has 4 heteroatoms. The molecule has 0 bridgehead atoms. The Labute approximate surface area is 104 Å². The molecule has 1 N–H and O–H groups in total. The predicted octanol–water partition coefficient (Wildman–Crippen LogP) is 3.03. The van der Waals surface area contributed by atoms with Gasteiger partial charge in [0.25, 0.3) is 5.91 Å². The number of rotatable bonds is 3. The highest BCUT2D eigenvalue weighted by molar-refractivity contribution is 9.10. The number of halogens is 1. The van der Waals surface area contributed by atoms with E-state index < -0.39 is 0 Å². The van der Waals surface area contributed by atoms with Crippen molar-refractivity contribution in [1.82, 2.24) is 4.90 Å². The number of phenols is 1. The summed E-state index contributed by atoms with van der Waals surface area (Å²) in [4.78, 5) is 13.7. The molecule has 0 saturated heterocycles. The maximum atomic E-state index is 12.0. The van der Waals surface area contributed by atoms with Gasteiger partial charge in [-0.2, -0.15) is 0 Å². The highest BCUT2D eigenvalue weighted by Gasteiger charge is 2.16. The van der Waals surface area contributed by atoms with Crippen LogP contribution in [-0.2, 0) is 0 Å². The number of aromatic hydroxyl groups is 1. The van der Waals surface area contributed by atoms with Crippen LogP contribution < -0.4 is 0 Å². The van der Waals surface area contributed by atoms with Gasteiger partial charge in [-0.1, -0.05) is 6.92 Å². The lowest BCUT2D eigenvalue weighted by Crippen LogP contribution is -2.34. The van der Waals surface area contributed by atoms with E-state index in [9.17, 15) is 9.90 Å². The molecule has 0 radical (unpaired) electrons. The van der Waals surface area contributed by atoms with Crippen LogP contribution in [0, 0.1) is 0 Å². The molecule has 0 saturated carbocycles. The van der Waals surface area contributed by atoms with Gasteiger partial charge in [-0.05, 0) is 47.5 Å². The third-order valence-electron chi connectivity index (χ3n) is 2.77. The van der Waals surface area contributed by atoms with E-state index in [1.807, 2.05) is 13.8 Å². The fraction of sp³-hybridized carbons (Fsp3) is 0.417. The molecule has 88 valence electrons. The van der Waals surface area contributed by atoms with Crippen LogP contribution >= 0.6 is 15.9 Å². The van der Waals surface area contributed by atoms with Gasteiger partial charge in [-0.15, -0.1) is 0 Å². The Hall–Kier alpha value is -1.03. The van der Waals surface area contributed by atoms with Crippen LogP contribution in [0.5, 0.6) is 5.75 Å². The first-order valence-corrected chi connectivity index (χ1v) is 6.02. The van der Waals surface area contributed by atoms with E-state index in [1.54, 1.807) is 24.1 Å². The van der Waals surface area contributed by atoms with Crippen molar-refractivity contribution in [2.45, 2.75) is 26.3 Å². The Morgan fingerprint density at radius 1 is 1.56 bits per heavy atom. The molecule has 0 spiro atoms. The Morgan fingerprint density at radius 3 is 2.69 bits per heavy atom. The van der Waals surface area contributed by atoms with Crippen molar-refractivity contribution in [2.24, 2.45) is 0 Å². The van der Waals surface area contributed by atoms with Crippen LogP contribution in [0.15, 0.2) is 22.7 Å². The van der Waals surface area contributed by atoms with E-state index in [-0.39, 0.29) is 17.7 Å². The molecule has 0 aromatic heterocycles. The van der Waals surface area contributed by atoms with Crippen molar-refractivity contribution in [2.75, 3.05) is 7.05 Å². The lowest BCUT2D eigenvalue weighted by Gasteiger charge is -2.23. The molecule has 1 aromatic rings. The van der Waals surface area contributed by atoms with E-state index in [2.05, 4.69) is 15.9 Å². The average molecular weight is 286 g/mol. The number of hydrogen-bond donors (Lipinski definition) is 1. The lowest BCUT2D eigenvalue weighted by molar-refractivity contribution is 0.0740. The van der Waals surface area contributed by atoms with Gasteiger partial charge < -0.3 is 10.0 Å². The number of carbonyl (C=O) groups is 1. The minimum atomic E-state index is -0.0721. The number of amides is 1. The van der Waals surface area contributed by atoms with Crippen molar-refractivity contribution in [3.8, 4) is 5.75 Å². The second-order valence-electron chi connectivity index (χ2n) is 3.84. The molecule has 16 heavy (non-hydrogen) atoms. The summed E-state index contributed by atoms with van der Waals surface area (Å²) in [5.74, 6) is 0.0144. The van der Waals surface area contributed by atoms with E-state index >= 15 is 0 Å². The molecular weight excluding hydrogens is 270 g/mol. The van der Waals surface area contributed by atoms with Crippen molar-refractivity contribution >= 4 is 21.8 Å². The molecule has 0 aliphatic rings. The molecular formula is C12H16BrNO2. The molecule has 1 aromatic carbocycles. The first kappa shape index (κ1) is 13.0. The standard InChI is InChI=1S/C12H16BrNO2/c1-4-8(2)14(3)12(16)9-5-6-10(13)11(15)7-9/h5-8,15H,4H2,1-3H3. The summed E-state index contributed by atoms with van der Waals surface area (Å²) in [6.07, 6.45) is 0.907. The van der Waals surface area contributed by atoms with Crippen LogP contribution in [0.3, 0.4) is 0 Å². The first-order valence-electron chi connectivity index (χ1n) is 5.23. The maximum Gasteiger partial charge on any atom is 0.253 e. The molecule has 1 unspecified atom stereocenters. The zero-order valence-electron chi connectivity index (χ0n) is 9.70. The van der Waals surface area contributed by atoms with E-state index in [0.717, 1.165) is 6.42 Å². The van der Waals surface area contributed by atoms with Crippen LogP contribution in [0.1, 0.15) is 30.6 Å². The number of benzene rings is 1. The minimum absolute atomic E-state index is 0.0721. The molecule has 0 heterocycles. The van der Waals surface area contributed by atoms with Crippen LogP contribution in [-0.4, -0.2) is 29.0 Å². The maximum absolute atomic E-state index is 12.0. The number of phenolic OH excluding ortho intramolecular Hbond substituents is 1. The molecule has 1 atom stereocenters. The first-order chi connectivity index (χ1) is 7.47. The highest BCUT2D eigenvalue weighted by Crippen LogP contribution is 2.25. The van der Waals surface area contributed by atoms with Gasteiger partial charge in [-0.3, -0.25) is 4.79 Å². The van der Waals surface area contributed by atoms with E-state index in [1.165, 1.54) is 6.07 Å². The minimum Gasteiger partial charge on any atom is -0.507 e. The molecule has 1 rings (SSSR count). The third kappa shape index (κ3) is 2.76. The smallest absolute Gasteiger partial charge is 0.253 e. The van der Waals surface area contributed by atoms with Crippen LogP contribution in [0.25, 0.3) is 0 Å². The van der Waals surface area contributed by atoms with Crippen molar-refractivity contribution in [1.29, 1.82) is 0 Å². The zero-order chi connectivity index (χ0) is 12.3. The van der Waals surface area contributed by atoms with Gasteiger partial charge in [0.1, 0.15) is 5.75 Å². The van der Waals surface area contributed by atoms with Crippen LogP contribution in [0.2, 0.25) is 0 Å². The fourth-order valence-corrected chi connectivity index (χ4v) is 1.57. The Bertz CT molecular complexity index is 393. The summed E-state index contributed by atoms with van der Waals surface area (Å²) in [6.45, 7) is 4.03. The van der Waals surface area contributed by atoms with Gasteiger partial charge in [0.05, 0.1) is 4.47 Å². The summed E-state index contributed by atoms with van der Waals surface area (Å²) < 4.78 is 0.593. The Morgan fingerprint density at radius 2 is 2.19 bits per heavy atom. The highest BCUT2D eigenvalue weighted by atomic mass is 79.9. The topological polar surface area (TPSA) is 40.5 Å². The largest absolute Gasteiger partial charge is 0.507 e. The molecule has 0 aliphatic carbocycles. The van der Waals surface area contributed by atoms with Gasteiger partial charge in [0.15, 0.2) is 0 Å². The van der Waals surface area contributed by atoms with E-state index in [4.69, 9.17) is 0 Å². The Balaban J connectivity index is 2.92. The zero-order valence-corrected chi connectivity index (χ0v) is 11.3. The molecule has 1 amide bonds. The average Bonchev–Trinajstić information content (AvgIpc) is 2.29. The summed E-state index contributed by atoms with van der Waals surface area (Å²) in [7, 11) is 1.77. The third-order valence-corrected chi connectivity index (χ3v) is 3.44. The quantitative estimate of drug-likeness (QED) is 0.927. The second-order valence-corrected chi connectivity index (χ2v) is 4.69. The number of hydrogen-bond acceptors (Lipinski definition) is 2. The molecule has 3 nitrogen and oxygen atoms in total. The number of carbonyl (C=O) groups excluding carboxylic acids is 1. The van der Waals surface area contributed by atoms with Crippen molar-refractivity contribution in [3.05, 3.63) is 28.2 Å². The van der Waals surface area contributed by atoms with Crippen molar-refractivity contribution in [3.63, 3.8) is 0 Å². The summed E-state index contributed by atoms with van der Waals surface area (Å²) in [5, 5.41) is 9.51. The summed E-state index contributed by atoms with van der Waals surface area (Å²) in [5.41, 5.74) is 0.503. The lowest BCUT2D eigenvalue weighted by atomic mass is 10.1. The van der Waals surface area contributed by atoms with E-state index in [0.29, 0.717) is 10.0 Å². The molecule has 0 aliphatic heterocycles. The second kappa shape index (κ2) is 5.34. The van der Waals surface area contributed by atoms with Crippen LogP contribution in [0.4, 0.5) is 0 Å². The normalized spacial score (nSPS) is 12.2. The predicted molar refractivity (Wildman–Crippen MR) is 67.7 cm³/mol. The summed E-state index contributed by atoms with van der Waals surface area (Å²) >= 11 is 3.18. The molecule has 0 fully saturated rings. The van der Waals surface area contributed by atoms with Gasteiger partial charge >= 0.3 is 0 Å². The van der Waals surface area contributed by atoms with Crippen molar-refractivity contribution < 1.29 is 9.90 Å².